The third-order valence-corrected chi connectivity index (χ3v) is 6.12. The summed E-state index contributed by atoms with van der Waals surface area (Å²) in [5.41, 5.74) is 3.51. The molecule has 2 amide bonds. The van der Waals surface area contributed by atoms with Crippen molar-refractivity contribution in [3.8, 4) is 0 Å². The van der Waals surface area contributed by atoms with Crippen molar-refractivity contribution < 1.29 is 9.59 Å². The monoisotopic (exact) mass is 529 g/mol. The average Bonchev–Trinajstić information content (AvgIpc) is 2.77. The summed E-state index contributed by atoms with van der Waals surface area (Å²) in [6.45, 7) is 8.69. The van der Waals surface area contributed by atoms with E-state index in [-0.39, 0.29) is 62.1 Å². The van der Waals surface area contributed by atoms with Gasteiger partial charge in [-0.1, -0.05) is 24.3 Å². The van der Waals surface area contributed by atoms with Crippen LogP contribution in [0.3, 0.4) is 0 Å². The minimum Gasteiger partial charge on any atom is -0.369 e. The molecule has 0 radical (unpaired) electrons. The third kappa shape index (κ3) is 7.82. The molecule has 7 nitrogen and oxygen atoms in total. The van der Waals surface area contributed by atoms with E-state index in [1.165, 1.54) is 16.2 Å². The van der Waals surface area contributed by atoms with Crippen LogP contribution >= 0.6 is 37.2 Å². The minimum atomic E-state index is -0.100. The number of aromatic nitrogens is 1. The fourth-order valence-corrected chi connectivity index (χ4v) is 4.41. The van der Waals surface area contributed by atoms with Crippen LogP contribution in [0.25, 0.3) is 0 Å². The van der Waals surface area contributed by atoms with Gasteiger partial charge < -0.3 is 4.90 Å². The summed E-state index contributed by atoms with van der Waals surface area (Å²) in [5.74, 6) is -0.201. The number of aryl methyl sites for hydroxylation is 1. The Bertz CT molecular complexity index is 892. The van der Waals surface area contributed by atoms with Crippen LogP contribution in [0.1, 0.15) is 17.7 Å². The number of para-hydroxylation sites is 1. The number of hydrogen-bond donors (Lipinski definition) is 0. The molecule has 2 aliphatic heterocycles. The molecule has 0 bridgehead atoms. The molecule has 1 aromatic heterocycles. The normalized spacial score (nSPS) is 17.0. The molecule has 0 unspecified atom stereocenters. The van der Waals surface area contributed by atoms with E-state index in [2.05, 4.69) is 46.0 Å². The van der Waals surface area contributed by atoms with Crippen molar-refractivity contribution in [1.29, 1.82) is 0 Å². The zero-order valence-electron chi connectivity index (χ0n) is 19.5. The Labute approximate surface area is 220 Å². The van der Waals surface area contributed by atoms with Crippen LogP contribution in [-0.4, -0.2) is 83.9 Å². The van der Waals surface area contributed by atoms with Crippen LogP contribution in [0.2, 0.25) is 0 Å². The number of nitrogens with zero attached hydrogens (tertiary/aromatic N) is 5. The molecule has 2 aliphatic rings. The van der Waals surface area contributed by atoms with E-state index in [0.717, 1.165) is 44.8 Å². The molecule has 0 spiro atoms. The Balaban J connectivity index is 0.00000193. The fourth-order valence-electron chi connectivity index (χ4n) is 4.41. The quantitative estimate of drug-likeness (QED) is 0.513. The van der Waals surface area contributed by atoms with E-state index in [0.29, 0.717) is 13.1 Å². The molecule has 0 saturated carbocycles. The van der Waals surface area contributed by atoms with Gasteiger partial charge in [0.1, 0.15) is 0 Å². The Morgan fingerprint density at radius 3 is 2.06 bits per heavy atom. The van der Waals surface area contributed by atoms with Crippen molar-refractivity contribution in [3.63, 3.8) is 0 Å². The largest absolute Gasteiger partial charge is 0.369 e. The minimum absolute atomic E-state index is 0. The van der Waals surface area contributed by atoms with Gasteiger partial charge in [0.25, 0.3) is 0 Å². The number of carbonyl (C=O) groups is 2. The molecule has 34 heavy (non-hydrogen) atoms. The highest BCUT2D eigenvalue weighted by Crippen LogP contribution is 2.21. The number of carbonyl (C=O) groups excluding carboxylic acids is 2. The predicted molar refractivity (Wildman–Crippen MR) is 142 cm³/mol. The molecule has 2 fully saturated rings. The lowest BCUT2D eigenvalue weighted by Crippen LogP contribution is -2.54. The van der Waals surface area contributed by atoms with Gasteiger partial charge in [-0.25, -0.2) is 0 Å². The van der Waals surface area contributed by atoms with Gasteiger partial charge in [0.15, 0.2) is 0 Å². The van der Waals surface area contributed by atoms with Crippen molar-refractivity contribution >= 4 is 54.7 Å². The molecule has 2 aromatic rings. The van der Waals surface area contributed by atoms with Crippen molar-refractivity contribution in [2.75, 3.05) is 57.3 Å². The summed E-state index contributed by atoms with van der Waals surface area (Å²) in [7, 11) is 0. The van der Waals surface area contributed by atoms with Crippen molar-refractivity contribution in [3.05, 3.63) is 59.9 Å². The van der Waals surface area contributed by atoms with E-state index < -0.39 is 0 Å². The molecule has 0 N–H and O–H groups in total. The summed E-state index contributed by atoms with van der Waals surface area (Å²) in [6.07, 6.45) is 2.55. The zero-order valence-corrected chi connectivity index (χ0v) is 21.9. The summed E-state index contributed by atoms with van der Waals surface area (Å²) in [5, 5.41) is 0. The first-order valence-corrected chi connectivity index (χ1v) is 11.1. The average molecular weight is 531 g/mol. The van der Waals surface area contributed by atoms with Crippen LogP contribution in [-0.2, 0) is 16.1 Å². The second-order valence-corrected chi connectivity index (χ2v) is 8.37. The second kappa shape index (κ2) is 14.5. The van der Waals surface area contributed by atoms with Crippen LogP contribution in [0.5, 0.6) is 0 Å². The third-order valence-electron chi connectivity index (χ3n) is 6.12. The van der Waals surface area contributed by atoms with E-state index in [9.17, 15) is 9.59 Å². The van der Waals surface area contributed by atoms with E-state index in [1.54, 1.807) is 6.20 Å². The van der Waals surface area contributed by atoms with Gasteiger partial charge in [0, 0.05) is 51.2 Å². The molecule has 1 aromatic carbocycles. The number of benzene rings is 1. The molecule has 188 valence electrons. The van der Waals surface area contributed by atoms with Crippen LogP contribution in [0.4, 0.5) is 5.69 Å². The van der Waals surface area contributed by atoms with Gasteiger partial charge in [-0.3, -0.25) is 29.3 Å². The Morgan fingerprint density at radius 1 is 0.794 bits per heavy atom. The first-order valence-electron chi connectivity index (χ1n) is 11.1. The van der Waals surface area contributed by atoms with Gasteiger partial charge in [-0.2, -0.15) is 0 Å². The number of anilines is 1. The van der Waals surface area contributed by atoms with E-state index in [4.69, 9.17) is 0 Å². The Morgan fingerprint density at radius 2 is 1.44 bits per heavy atom. The lowest BCUT2D eigenvalue weighted by atomic mass is 10.1. The summed E-state index contributed by atoms with van der Waals surface area (Å²) >= 11 is 0. The molecular weight excluding hydrogens is 497 g/mol. The molecule has 3 heterocycles. The molecule has 0 atom stereocenters. The van der Waals surface area contributed by atoms with Crippen molar-refractivity contribution in [2.45, 2.75) is 19.9 Å². The van der Waals surface area contributed by atoms with Gasteiger partial charge in [-0.15, -0.1) is 37.2 Å². The smallest absolute Gasteiger partial charge is 0.243 e. The van der Waals surface area contributed by atoms with E-state index >= 15 is 0 Å². The van der Waals surface area contributed by atoms with Crippen LogP contribution < -0.4 is 4.90 Å². The van der Waals surface area contributed by atoms with Gasteiger partial charge in [0.2, 0.25) is 11.8 Å². The number of amides is 2. The van der Waals surface area contributed by atoms with Gasteiger partial charge in [-0.05, 0) is 43.7 Å². The highest BCUT2D eigenvalue weighted by molar-refractivity contribution is 5.99. The second-order valence-electron chi connectivity index (χ2n) is 8.37. The lowest BCUT2D eigenvalue weighted by Gasteiger charge is -2.37. The predicted octanol–water partition coefficient (Wildman–Crippen LogP) is 3.04. The number of piperazine rings is 2. The molecule has 10 heteroatoms. The van der Waals surface area contributed by atoms with E-state index in [1.807, 2.05) is 23.1 Å². The van der Waals surface area contributed by atoms with Gasteiger partial charge >= 0.3 is 0 Å². The fraction of sp³-hybridized carbons (Fsp3) is 0.458. The molecular formula is C24H34Cl3N5O2. The first kappa shape index (κ1) is 30.1. The molecule has 4 rings (SSSR count). The number of hydrogen-bond acceptors (Lipinski definition) is 6. The van der Waals surface area contributed by atoms with Gasteiger partial charge in [0.05, 0.1) is 18.8 Å². The zero-order chi connectivity index (χ0) is 21.6. The number of imide groups is 1. The maximum atomic E-state index is 12.5. The van der Waals surface area contributed by atoms with Crippen molar-refractivity contribution in [2.24, 2.45) is 0 Å². The molecule has 2 saturated heterocycles. The van der Waals surface area contributed by atoms with Crippen molar-refractivity contribution in [1.82, 2.24) is 19.7 Å². The maximum Gasteiger partial charge on any atom is 0.243 e. The maximum absolute atomic E-state index is 12.5. The summed E-state index contributed by atoms with van der Waals surface area (Å²) in [4.78, 5) is 37.6. The standard InChI is InChI=1S/C24H31N5O2.3ClH/c1-20-7-2-3-9-22(20)28-15-13-26(14-16-28)11-6-12-29-23(30)18-27(19-24(29)31)17-21-8-4-5-10-25-21;;;/h2-5,7-10H,6,11-19H2,1H3;3*1H. The summed E-state index contributed by atoms with van der Waals surface area (Å²) < 4.78 is 0. The Hall–Kier alpha value is -1.90. The van der Waals surface area contributed by atoms with Crippen LogP contribution in [0, 0.1) is 6.92 Å². The lowest BCUT2D eigenvalue weighted by molar-refractivity contribution is -0.151. The SMILES string of the molecule is Cc1ccccc1N1CCN(CCCN2C(=O)CN(Cc3ccccn3)CC2=O)CC1.Cl.Cl.Cl. The molecule has 0 aliphatic carbocycles. The topological polar surface area (TPSA) is 60.0 Å². The highest BCUT2D eigenvalue weighted by Gasteiger charge is 2.31. The number of pyridine rings is 1. The number of halogens is 3. The highest BCUT2D eigenvalue weighted by atomic mass is 35.5. The number of rotatable bonds is 7. The first-order chi connectivity index (χ1) is 15.1. The van der Waals surface area contributed by atoms with Crippen LogP contribution in [0.15, 0.2) is 48.7 Å². The summed E-state index contributed by atoms with van der Waals surface area (Å²) in [6, 6.07) is 14.2. The Kier molecular flexibility index (Phi) is 12.8.